The van der Waals surface area contributed by atoms with E-state index in [1.807, 2.05) is 13.0 Å². The predicted octanol–water partition coefficient (Wildman–Crippen LogP) is 2.94. The molecule has 7 nitrogen and oxygen atoms in total. The van der Waals surface area contributed by atoms with Crippen LogP contribution in [-0.2, 0) is 9.53 Å². The number of benzene rings is 1. The minimum Gasteiger partial charge on any atom is -0.490 e. The third-order valence-electron chi connectivity index (χ3n) is 3.46. The van der Waals surface area contributed by atoms with Crippen LogP contribution in [0.25, 0.3) is 11.1 Å². The average molecular weight is 421 g/mol. The molecular weight excluding hydrogens is 404 g/mol. The van der Waals surface area contributed by atoms with Crippen molar-refractivity contribution in [2.24, 2.45) is 0 Å². The molecule has 2 rings (SSSR count). The zero-order valence-corrected chi connectivity index (χ0v) is 16.1. The van der Waals surface area contributed by atoms with Gasteiger partial charge in [0.05, 0.1) is 18.2 Å². The van der Waals surface area contributed by atoms with Crippen LogP contribution in [0.1, 0.15) is 18.2 Å². The minimum atomic E-state index is -0.527. The summed E-state index contributed by atoms with van der Waals surface area (Å²) < 4.78 is 16.2. The number of nitrogens with one attached hydrogen (secondary N) is 1. The molecule has 8 heteroatoms. The number of rotatable bonds is 6. The molecule has 0 unspecified atom stereocenters. The standard InChI is InChI=1S/C18H17BrN2O5/c1-4-25-15-7-11(6-14(19)17(15)26-9-16(22)24-3)12-5-10(2)21-18(23)13(12)8-20/h5-7H,4,9H2,1-3H3,(H,21,23). The van der Waals surface area contributed by atoms with Gasteiger partial charge in [0.15, 0.2) is 18.1 Å². The number of nitrogens with zero attached hydrogens (tertiary/aromatic N) is 1. The zero-order valence-electron chi connectivity index (χ0n) is 14.5. The van der Waals surface area contributed by atoms with Gasteiger partial charge in [-0.2, -0.15) is 5.26 Å². The molecule has 0 aliphatic heterocycles. The molecule has 0 amide bonds. The van der Waals surface area contributed by atoms with Gasteiger partial charge in [-0.1, -0.05) is 0 Å². The summed E-state index contributed by atoms with van der Waals surface area (Å²) in [4.78, 5) is 26.0. The first-order chi connectivity index (χ1) is 12.4. The number of hydrogen-bond donors (Lipinski definition) is 1. The molecule has 0 radical (unpaired) electrons. The Hall–Kier alpha value is -2.79. The van der Waals surface area contributed by atoms with Gasteiger partial charge in [0.1, 0.15) is 11.6 Å². The first kappa shape index (κ1) is 19.5. The number of aromatic nitrogens is 1. The van der Waals surface area contributed by atoms with E-state index < -0.39 is 11.5 Å². The second kappa shape index (κ2) is 8.54. The van der Waals surface area contributed by atoms with Crippen LogP contribution in [0.5, 0.6) is 11.5 Å². The smallest absolute Gasteiger partial charge is 0.343 e. The predicted molar refractivity (Wildman–Crippen MR) is 98.3 cm³/mol. The highest BCUT2D eigenvalue weighted by Crippen LogP contribution is 2.40. The van der Waals surface area contributed by atoms with E-state index in [1.165, 1.54) is 7.11 Å². The lowest BCUT2D eigenvalue weighted by atomic mass is 10.0. The fraction of sp³-hybridized carbons (Fsp3) is 0.278. The van der Waals surface area contributed by atoms with E-state index in [0.717, 1.165) is 0 Å². The number of H-pyrrole nitrogens is 1. The summed E-state index contributed by atoms with van der Waals surface area (Å²) in [7, 11) is 1.27. The maximum atomic E-state index is 12.0. The first-order valence-corrected chi connectivity index (χ1v) is 8.50. The van der Waals surface area contributed by atoms with Gasteiger partial charge in [-0.3, -0.25) is 4.79 Å². The van der Waals surface area contributed by atoms with Crippen LogP contribution >= 0.6 is 15.9 Å². The number of halogens is 1. The van der Waals surface area contributed by atoms with E-state index in [0.29, 0.717) is 39.4 Å². The molecule has 0 saturated heterocycles. The van der Waals surface area contributed by atoms with Gasteiger partial charge in [0, 0.05) is 11.3 Å². The lowest BCUT2D eigenvalue weighted by Gasteiger charge is -2.15. The fourth-order valence-corrected chi connectivity index (χ4v) is 2.90. The van der Waals surface area contributed by atoms with Gasteiger partial charge in [-0.05, 0) is 53.5 Å². The first-order valence-electron chi connectivity index (χ1n) is 7.71. The highest BCUT2D eigenvalue weighted by molar-refractivity contribution is 9.10. The van der Waals surface area contributed by atoms with Crippen molar-refractivity contribution in [3.8, 4) is 28.7 Å². The summed E-state index contributed by atoms with van der Waals surface area (Å²) >= 11 is 3.39. The Kier molecular flexibility index (Phi) is 6.41. The van der Waals surface area contributed by atoms with E-state index in [-0.39, 0.29) is 12.2 Å². The normalized spacial score (nSPS) is 10.1. The van der Waals surface area contributed by atoms with Crippen molar-refractivity contribution in [2.45, 2.75) is 13.8 Å². The molecule has 0 fully saturated rings. The van der Waals surface area contributed by atoms with Crippen LogP contribution in [0.3, 0.4) is 0 Å². The van der Waals surface area contributed by atoms with Crippen LogP contribution in [0.4, 0.5) is 0 Å². The van der Waals surface area contributed by atoms with Crippen LogP contribution in [0.2, 0.25) is 0 Å². The van der Waals surface area contributed by atoms with Gasteiger partial charge in [0.25, 0.3) is 5.56 Å². The topological polar surface area (TPSA) is 101 Å². The van der Waals surface area contributed by atoms with Crippen molar-refractivity contribution in [2.75, 3.05) is 20.3 Å². The highest BCUT2D eigenvalue weighted by atomic mass is 79.9. The molecule has 1 aromatic heterocycles. The molecule has 1 N–H and O–H groups in total. The molecule has 0 saturated carbocycles. The largest absolute Gasteiger partial charge is 0.490 e. The Morgan fingerprint density at radius 1 is 1.31 bits per heavy atom. The van der Waals surface area contributed by atoms with Crippen molar-refractivity contribution in [3.63, 3.8) is 0 Å². The number of esters is 1. The third-order valence-corrected chi connectivity index (χ3v) is 4.05. The molecule has 2 aromatic rings. The quantitative estimate of drug-likeness (QED) is 0.720. The van der Waals surface area contributed by atoms with Crippen molar-refractivity contribution < 1.29 is 19.0 Å². The van der Waals surface area contributed by atoms with Gasteiger partial charge < -0.3 is 19.2 Å². The Morgan fingerprint density at radius 3 is 2.65 bits per heavy atom. The second-order valence-corrected chi connectivity index (χ2v) is 6.12. The fourth-order valence-electron chi connectivity index (χ4n) is 2.34. The molecule has 26 heavy (non-hydrogen) atoms. The molecule has 0 bridgehead atoms. The maximum absolute atomic E-state index is 12.0. The van der Waals surface area contributed by atoms with Gasteiger partial charge in [-0.25, -0.2) is 4.79 Å². The molecular formula is C18H17BrN2O5. The van der Waals surface area contributed by atoms with E-state index >= 15 is 0 Å². The number of carbonyl (C=O) groups excluding carboxylic acids is 1. The lowest BCUT2D eigenvalue weighted by Crippen LogP contribution is -2.14. The van der Waals surface area contributed by atoms with E-state index in [9.17, 15) is 14.9 Å². The molecule has 0 atom stereocenters. The highest BCUT2D eigenvalue weighted by Gasteiger charge is 2.18. The molecule has 0 aliphatic carbocycles. The van der Waals surface area contributed by atoms with Crippen LogP contribution in [-0.4, -0.2) is 31.3 Å². The van der Waals surface area contributed by atoms with Crippen molar-refractivity contribution in [3.05, 3.63) is 44.3 Å². The second-order valence-electron chi connectivity index (χ2n) is 5.27. The number of nitriles is 1. The number of carbonyl (C=O) groups is 1. The van der Waals surface area contributed by atoms with E-state index in [1.54, 1.807) is 25.1 Å². The number of hydrogen-bond acceptors (Lipinski definition) is 6. The monoisotopic (exact) mass is 420 g/mol. The number of pyridine rings is 1. The summed E-state index contributed by atoms with van der Waals surface area (Å²) in [5, 5.41) is 9.33. The van der Waals surface area contributed by atoms with Crippen molar-refractivity contribution in [1.82, 2.24) is 4.98 Å². The van der Waals surface area contributed by atoms with Gasteiger partial charge in [-0.15, -0.1) is 0 Å². The van der Waals surface area contributed by atoms with Crippen LogP contribution < -0.4 is 15.0 Å². The number of aryl methyl sites for hydroxylation is 1. The van der Waals surface area contributed by atoms with Crippen molar-refractivity contribution >= 4 is 21.9 Å². The Morgan fingerprint density at radius 2 is 2.04 bits per heavy atom. The zero-order chi connectivity index (χ0) is 19.3. The SMILES string of the molecule is CCOc1cc(-c2cc(C)[nH]c(=O)c2C#N)cc(Br)c1OCC(=O)OC. The van der Waals surface area contributed by atoms with E-state index in [2.05, 4.69) is 25.7 Å². The number of ether oxygens (including phenoxy) is 3. The van der Waals surface area contributed by atoms with Crippen molar-refractivity contribution in [1.29, 1.82) is 5.26 Å². The molecule has 0 aliphatic rings. The molecule has 136 valence electrons. The molecule has 0 spiro atoms. The van der Waals surface area contributed by atoms with Gasteiger partial charge in [0.2, 0.25) is 0 Å². The summed E-state index contributed by atoms with van der Waals surface area (Å²) in [6, 6.07) is 7.01. The summed E-state index contributed by atoms with van der Waals surface area (Å²) in [5.41, 5.74) is 1.27. The Labute approximate surface area is 158 Å². The summed E-state index contributed by atoms with van der Waals surface area (Å²) in [5.74, 6) is 0.184. The van der Waals surface area contributed by atoms with E-state index in [4.69, 9.17) is 9.47 Å². The molecule has 1 heterocycles. The lowest BCUT2D eigenvalue weighted by molar-refractivity contribution is -0.142. The Bertz CT molecular complexity index is 930. The maximum Gasteiger partial charge on any atom is 0.343 e. The summed E-state index contributed by atoms with van der Waals surface area (Å²) in [6.07, 6.45) is 0. The van der Waals surface area contributed by atoms with Crippen LogP contribution in [0.15, 0.2) is 27.5 Å². The number of methoxy groups -OCH3 is 1. The average Bonchev–Trinajstić information content (AvgIpc) is 2.60. The summed E-state index contributed by atoms with van der Waals surface area (Å²) in [6.45, 7) is 3.63. The van der Waals surface area contributed by atoms with Crippen LogP contribution in [0, 0.1) is 18.3 Å². The Balaban J connectivity index is 2.58. The van der Waals surface area contributed by atoms with Gasteiger partial charge >= 0.3 is 5.97 Å². The molecule has 1 aromatic carbocycles. The third kappa shape index (κ3) is 4.24. The number of aromatic amines is 1. The minimum absolute atomic E-state index is 0.00757.